The number of carboxylic acid groups (broad SMARTS) is 1. The van der Waals surface area contributed by atoms with Crippen LogP contribution in [0.2, 0.25) is 0 Å². The van der Waals surface area contributed by atoms with Gasteiger partial charge in [-0.2, -0.15) is 0 Å². The van der Waals surface area contributed by atoms with Crippen LogP contribution in [0.3, 0.4) is 0 Å². The van der Waals surface area contributed by atoms with E-state index in [1.165, 1.54) is 18.2 Å². The van der Waals surface area contributed by atoms with Gasteiger partial charge >= 0.3 is 5.97 Å². The van der Waals surface area contributed by atoms with Crippen LogP contribution < -0.4 is 4.74 Å². The minimum atomic E-state index is -1.10. The number of aryl methyl sites for hydroxylation is 1. The molecule has 3 nitrogen and oxygen atoms in total. The monoisotopic (exact) mass is 210 g/mol. The highest BCUT2D eigenvalue weighted by atomic mass is 19.1. The molecule has 1 rings (SSSR count). The molecule has 1 N–H and O–H groups in total. The van der Waals surface area contributed by atoms with Crippen LogP contribution in [0.1, 0.15) is 5.56 Å². The van der Waals surface area contributed by atoms with Crippen molar-refractivity contribution in [1.82, 2.24) is 0 Å². The SMILES string of the molecule is C=C(COc1ccc(F)c(C)c1)C(=O)O. The average molecular weight is 210 g/mol. The van der Waals surface area contributed by atoms with Gasteiger partial charge in [0.05, 0.1) is 5.57 Å². The molecule has 0 amide bonds. The number of carbonyl (C=O) groups is 1. The van der Waals surface area contributed by atoms with Crippen LogP contribution in [0.5, 0.6) is 5.75 Å². The third-order valence-corrected chi connectivity index (χ3v) is 1.84. The maximum atomic E-state index is 12.9. The van der Waals surface area contributed by atoms with Crippen molar-refractivity contribution in [2.45, 2.75) is 6.92 Å². The molecule has 4 heteroatoms. The Balaban J connectivity index is 2.62. The zero-order valence-electron chi connectivity index (χ0n) is 8.29. The molecule has 0 unspecified atom stereocenters. The Hall–Kier alpha value is -1.84. The van der Waals surface area contributed by atoms with Crippen molar-refractivity contribution < 1.29 is 19.0 Å². The van der Waals surface area contributed by atoms with Gasteiger partial charge in [0, 0.05) is 0 Å². The number of ether oxygens (including phenoxy) is 1. The van der Waals surface area contributed by atoms with Crippen LogP contribution in [-0.2, 0) is 4.79 Å². The lowest BCUT2D eigenvalue weighted by Gasteiger charge is -2.06. The molecule has 0 spiro atoms. The Kier molecular flexibility index (Phi) is 3.44. The van der Waals surface area contributed by atoms with E-state index in [-0.39, 0.29) is 18.0 Å². The standard InChI is InChI=1S/C11H11FO3/c1-7-5-9(3-4-10(7)12)15-6-8(2)11(13)14/h3-5H,2,6H2,1H3,(H,13,14). The van der Waals surface area contributed by atoms with Gasteiger partial charge in [0.15, 0.2) is 0 Å². The summed E-state index contributed by atoms with van der Waals surface area (Å²) in [5.74, 6) is -0.996. The summed E-state index contributed by atoms with van der Waals surface area (Å²) in [4.78, 5) is 10.4. The fourth-order valence-corrected chi connectivity index (χ4v) is 0.939. The molecule has 0 aliphatic carbocycles. The van der Waals surface area contributed by atoms with E-state index < -0.39 is 5.97 Å². The average Bonchev–Trinajstić information content (AvgIpc) is 2.19. The number of benzene rings is 1. The molecule has 0 radical (unpaired) electrons. The van der Waals surface area contributed by atoms with Gasteiger partial charge in [-0.3, -0.25) is 0 Å². The highest BCUT2D eigenvalue weighted by Gasteiger charge is 2.05. The van der Waals surface area contributed by atoms with E-state index in [4.69, 9.17) is 9.84 Å². The van der Waals surface area contributed by atoms with E-state index in [9.17, 15) is 9.18 Å². The fraction of sp³-hybridized carbons (Fsp3) is 0.182. The van der Waals surface area contributed by atoms with Gasteiger partial charge in [-0.1, -0.05) is 6.58 Å². The van der Waals surface area contributed by atoms with Gasteiger partial charge in [-0.25, -0.2) is 9.18 Å². The summed E-state index contributed by atoms with van der Waals surface area (Å²) >= 11 is 0. The second-order valence-electron chi connectivity index (χ2n) is 3.11. The van der Waals surface area contributed by atoms with Crippen LogP contribution in [-0.4, -0.2) is 17.7 Å². The van der Waals surface area contributed by atoms with Crippen LogP contribution in [0.15, 0.2) is 30.4 Å². The van der Waals surface area contributed by atoms with Crippen LogP contribution in [0, 0.1) is 12.7 Å². The summed E-state index contributed by atoms with van der Waals surface area (Å²) in [7, 11) is 0. The second-order valence-corrected chi connectivity index (χ2v) is 3.11. The maximum absolute atomic E-state index is 12.9. The largest absolute Gasteiger partial charge is 0.489 e. The Morgan fingerprint density at radius 1 is 1.60 bits per heavy atom. The maximum Gasteiger partial charge on any atom is 0.334 e. The third-order valence-electron chi connectivity index (χ3n) is 1.84. The van der Waals surface area contributed by atoms with Crippen molar-refractivity contribution in [3.63, 3.8) is 0 Å². The molecule has 0 aliphatic heterocycles. The van der Waals surface area contributed by atoms with Crippen molar-refractivity contribution >= 4 is 5.97 Å². The molecule has 1 aromatic carbocycles. The van der Waals surface area contributed by atoms with E-state index >= 15 is 0 Å². The Labute approximate surface area is 86.8 Å². The van der Waals surface area contributed by atoms with E-state index in [0.717, 1.165) is 0 Å². The van der Waals surface area contributed by atoms with E-state index in [2.05, 4.69) is 6.58 Å². The highest BCUT2D eigenvalue weighted by Crippen LogP contribution is 2.16. The third kappa shape index (κ3) is 3.09. The lowest BCUT2D eigenvalue weighted by Crippen LogP contribution is -2.08. The molecular formula is C11H11FO3. The van der Waals surface area contributed by atoms with E-state index in [1.807, 2.05) is 0 Å². The van der Waals surface area contributed by atoms with Crippen molar-refractivity contribution in [2.75, 3.05) is 6.61 Å². The molecule has 0 aromatic heterocycles. The van der Waals surface area contributed by atoms with Gasteiger partial charge in [0.25, 0.3) is 0 Å². The van der Waals surface area contributed by atoms with E-state index in [0.29, 0.717) is 11.3 Å². The first-order valence-corrected chi connectivity index (χ1v) is 4.30. The van der Waals surface area contributed by atoms with Gasteiger partial charge < -0.3 is 9.84 Å². The molecule has 0 bridgehead atoms. The molecule has 0 heterocycles. The van der Waals surface area contributed by atoms with Crippen molar-refractivity contribution in [3.8, 4) is 5.75 Å². The minimum absolute atomic E-state index is 0.0445. The summed E-state index contributed by atoms with van der Waals surface area (Å²) < 4.78 is 18.0. The summed E-state index contributed by atoms with van der Waals surface area (Å²) in [5, 5.41) is 8.52. The smallest absolute Gasteiger partial charge is 0.334 e. The Morgan fingerprint density at radius 2 is 2.27 bits per heavy atom. The molecule has 15 heavy (non-hydrogen) atoms. The predicted octanol–water partition coefficient (Wildman–Crippen LogP) is 2.15. The quantitative estimate of drug-likeness (QED) is 0.774. The molecule has 0 aliphatic rings. The number of halogens is 1. The zero-order chi connectivity index (χ0) is 11.4. The topological polar surface area (TPSA) is 46.5 Å². The van der Waals surface area contributed by atoms with Gasteiger partial charge in [0.1, 0.15) is 18.2 Å². The molecular weight excluding hydrogens is 199 g/mol. The second kappa shape index (κ2) is 4.59. The van der Waals surface area contributed by atoms with Crippen LogP contribution >= 0.6 is 0 Å². The molecule has 0 saturated heterocycles. The number of carboxylic acids is 1. The zero-order valence-corrected chi connectivity index (χ0v) is 8.29. The Bertz CT molecular complexity index is 399. The van der Waals surface area contributed by atoms with Crippen LogP contribution in [0.4, 0.5) is 4.39 Å². The first-order chi connectivity index (χ1) is 7.00. The fourth-order valence-electron chi connectivity index (χ4n) is 0.939. The van der Waals surface area contributed by atoms with Gasteiger partial charge in [0.2, 0.25) is 0 Å². The summed E-state index contributed by atoms with van der Waals surface area (Å²) in [6.07, 6.45) is 0. The number of hydrogen-bond acceptors (Lipinski definition) is 2. The number of hydrogen-bond donors (Lipinski definition) is 1. The first kappa shape index (κ1) is 11.2. The molecule has 0 fully saturated rings. The summed E-state index contributed by atoms with van der Waals surface area (Å²) in [6, 6.07) is 4.22. The number of aliphatic carboxylic acids is 1. The van der Waals surface area contributed by atoms with Gasteiger partial charge in [-0.05, 0) is 30.7 Å². The highest BCUT2D eigenvalue weighted by molar-refractivity contribution is 5.86. The van der Waals surface area contributed by atoms with Crippen molar-refractivity contribution in [1.29, 1.82) is 0 Å². The van der Waals surface area contributed by atoms with E-state index in [1.54, 1.807) is 6.92 Å². The summed E-state index contributed by atoms with van der Waals surface area (Å²) in [5.41, 5.74) is 0.408. The lowest BCUT2D eigenvalue weighted by molar-refractivity contribution is -0.133. The predicted molar refractivity (Wildman–Crippen MR) is 53.4 cm³/mol. The first-order valence-electron chi connectivity index (χ1n) is 4.30. The normalized spacial score (nSPS) is 9.73. The molecule has 0 atom stereocenters. The van der Waals surface area contributed by atoms with Crippen LogP contribution in [0.25, 0.3) is 0 Å². The van der Waals surface area contributed by atoms with Crippen molar-refractivity contribution in [2.24, 2.45) is 0 Å². The summed E-state index contributed by atoms with van der Waals surface area (Å²) in [6.45, 7) is 4.81. The number of rotatable bonds is 4. The minimum Gasteiger partial charge on any atom is -0.489 e. The molecule has 80 valence electrons. The molecule has 1 aromatic rings. The van der Waals surface area contributed by atoms with Gasteiger partial charge in [-0.15, -0.1) is 0 Å². The van der Waals surface area contributed by atoms with Crippen molar-refractivity contribution in [3.05, 3.63) is 41.7 Å². The lowest BCUT2D eigenvalue weighted by atomic mass is 10.2. The Morgan fingerprint density at radius 3 is 2.80 bits per heavy atom. The molecule has 0 saturated carbocycles.